The molecule has 5 nitrogen and oxygen atoms in total. The van der Waals surface area contributed by atoms with Gasteiger partial charge in [0.05, 0.1) is 0 Å². The van der Waals surface area contributed by atoms with E-state index in [1.165, 1.54) is 6.92 Å². The monoisotopic (exact) mass is 215 g/mol. The maximum atomic E-state index is 11.2. The van der Waals surface area contributed by atoms with Crippen LogP contribution in [0.1, 0.15) is 27.7 Å². The zero-order valence-electron chi connectivity index (χ0n) is 9.46. The van der Waals surface area contributed by atoms with Crippen LogP contribution in [-0.4, -0.2) is 28.8 Å². The maximum Gasteiger partial charge on any atom is 0.408 e. The largest absolute Gasteiger partial charge is 0.479 e. The van der Waals surface area contributed by atoms with Crippen LogP contribution < -0.4 is 5.32 Å². The van der Waals surface area contributed by atoms with Gasteiger partial charge in [-0.3, -0.25) is 0 Å². The minimum absolute atomic E-state index is 0.341. The number of aliphatic carboxylic acids is 1. The molecule has 0 saturated carbocycles. The molecule has 5 heteroatoms. The Morgan fingerprint density at radius 1 is 1.40 bits per heavy atom. The van der Waals surface area contributed by atoms with E-state index in [-0.39, 0.29) is 0 Å². The quantitative estimate of drug-likeness (QED) is 0.700. The van der Waals surface area contributed by atoms with Crippen molar-refractivity contribution in [2.45, 2.75) is 39.3 Å². The van der Waals surface area contributed by atoms with Crippen LogP contribution >= 0.6 is 0 Å². The highest BCUT2D eigenvalue weighted by atomic mass is 16.6. The second-order valence-corrected chi connectivity index (χ2v) is 4.26. The molecule has 2 N–H and O–H groups in total. The zero-order valence-corrected chi connectivity index (χ0v) is 9.46. The number of nitrogens with one attached hydrogen (secondary N) is 1. The Morgan fingerprint density at radius 3 is 2.13 bits per heavy atom. The average molecular weight is 215 g/mol. The third-order valence-corrected chi connectivity index (χ3v) is 1.40. The van der Waals surface area contributed by atoms with E-state index in [9.17, 15) is 9.59 Å². The third kappa shape index (κ3) is 5.72. The van der Waals surface area contributed by atoms with Gasteiger partial charge in [-0.05, 0) is 33.3 Å². The van der Waals surface area contributed by atoms with Crippen molar-refractivity contribution in [1.82, 2.24) is 5.32 Å². The number of carboxylic acid groups (broad SMARTS) is 1. The zero-order chi connectivity index (χ0) is 12.2. The molecule has 15 heavy (non-hydrogen) atoms. The Bertz CT molecular complexity index is 264. The maximum absolute atomic E-state index is 11.2. The molecule has 1 atom stereocenters. The molecule has 0 fully saturated rings. The van der Waals surface area contributed by atoms with Gasteiger partial charge in [-0.15, -0.1) is 0 Å². The second-order valence-electron chi connectivity index (χ2n) is 4.26. The van der Waals surface area contributed by atoms with Crippen LogP contribution in [0.4, 0.5) is 4.79 Å². The summed E-state index contributed by atoms with van der Waals surface area (Å²) in [6.45, 7) is 10.1. The van der Waals surface area contributed by atoms with Crippen molar-refractivity contribution in [1.29, 1.82) is 0 Å². The van der Waals surface area contributed by atoms with Crippen molar-refractivity contribution >= 4 is 12.1 Å². The summed E-state index contributed by atoms with van der Waals surface area (Å²) in [5, 5.41) is 11.0. The lowest BCUT2D eigenvalue weighted by atomic mass is 10.1. The lowest BCUT2D eigenvalue weighted by Gasteiger charge is -2.22. The van der Waals surface area contributed by atoms with E-state index < -0.39 is 23.7 Å². The molecule has 0 aromatic carbocycles. The van der Waals surface area contributed by atoms with Gasteiger partial charge in [-0.1, -0.05) is 6.58 Å². The first kappa shape index (κ1) is 13.5. The fourth-order valence-electron chi connectivity index (χ4n) is 0.821. The summed E-state index contributed by atoms with van der Waals surface area (Å²) >= 11 is 0. The van der Waals surface area contributed by atoms with E-state index in [4.69, 9.17) is 9.84 Å². The molecule has 0 aromatic rings. The second kappa shape index (κ2) is 4.82. The highest BCUT2D eigenvalue weighted by molar-refractivity contribution is 5.82. The first-order valence-electron chi connectivity index (χ1n) is 4.51. The standard InChI is InChI=1S/C10H17NO4/c1-6(2)7(8(12)13)11-9(14)15-10(3,4)5/h7H,1H2,2-5H3,(H,11,14)(H,12,13)/t7-/m1/s1. The van der Waals surface area contributed by atoms with E-state index in [1.54, 1.807) is 20.8 Å². The van der Waals surface area contributed by atoms with Gasteiger partial charge in [0.2, 0.25) is 0 Å². The predicted octanol–water partition coefficient (Wildman–Crippen LogP) is 1.54. The predicted molar refractivity (Wildman–Crippen MR) is 55.6 cm³/mol. The summed E-state index contributed by atoms with van der Waals surface area (Å²) in [4.78, 5) is 22.0. The third-order valence-electron chi connectivity index (χ3n) is 1.40. The fourth-order valence-corrected chi connectivity index (χ4v) is 0.821. The van der Waals surface area contributed by atoms with Gasteiger partial charge < -0.3 is 15.2 Å². The normalized spacial score (nSPS) is 12.8. The molecule has 86 valence electrons. The molecule has 0 aromatic heterocycles. The van der Waals surface area contributed by atoms with Gasteiger partial charge in [0.1, 0.15) is 5.60 Å². The van der Waals surface area contributed by atoms with E-state index in [1.807, 2.05) is 0 Å². The van der Waals surface area contributed by atoms with Crippen LogP contribution in [-0.2, 0) is 9.53 Å². The molecule has 0 spiro atoms. The Morgan fingerprint density at radius 2 is 1.87 bits per heavy atom. The van der Waals surface area contributed by atoms with Crippen LogP contribution in [0.25, 0.3) is 0 Å². The van der Waals surface area contributed by atoms with Crippen LogP contribution in [0.15, 0.2) is 12.2 Å². The van der Waals surface area contributed by atoms with Gasteiger partial charge in [0, 0.05) is 0 Å². The Kier molecular flexibility index (Phi) is 4.33. The summed E-state index contributed by atoms with van der Waals surface area (Å²) in [6.07, 6.45) is -0.766. The number of carboxylic acids is 1. The van der Waals surface area contributed by atoms with Gasteiger partial charge in [-0.2, -0.15) is 0 Å². The molecule has 0 bridgehead atoms. The summed E-state index contributed by atoms with van der Waals surface area (Å²) in [6, 6.07) is -1.11. The van der Waals surface area contributed by atoms with Crippen molar-refractivity contribution in [2.75, 3.05) is 0 Å². The first-order valence-corrected chi connectivity index (χ1v) is 4.51. The van der Waals surface area contributed by atoms with Crippen LogP contribution in [0, 0.1) is 0 Å². The fraction of sp³-hybridized carbons (Fsp3) is 0.600. The summed E-state index contributed by atoms with van der Waals surface area (Å²) in [7, 11) is 0. The van der Waals surface area contributed by atoms with Crippen molar-refractivity contribution < 1.29 is 19.4 Å². The van der Waals surface area contributed by atoms with Crippen molar-refractivity contribution in [2.24, 2.45) is 0 Å². The summed E-state index contributed by atoms with van der Waals surface area (Å²) in [5.41, 5.74) is -0.310. The molecule has 0 unspecified atom stereocenters. The van der Waals surface area contributed by atoms with E-state index >= 15 is 0 Å². The van der Waals surface area contributed by atoms with Crippen LogP contribution in [0.3, 0.4) is 0 Å². The number of carbonyl (C=O) groups is 2. The Balaban J connectivity index is 4.38. The number of carbonyl (C=O) groups excluding carboxylic acids is 1. The summed E-state index contributed by atoms with van der Waals surface area (Å²) in [5.74, 6) is -1.16. The smallest absolute Gasteiger partial charge is 0.408 e. The van der Waals surface area contributed by atoms with Gasteiger partial charge >= 0.3 is 12.1 Å². The molecule has 0 saturated heterocycles. The van der Waals surface area contributed by atoms with Crippen LogP contribution in [0.5, 0.6) is 0 Å². The van der Waals surface area contributed by atoms with Crippen LogP contribution in [0.2, 0.25) is 0 Å². The van der Waals surface area contributed by atoms with Gasteiger partial charge in [0.25, 0.3) is 0 Å². The Hall–Kier alpha value is -1.52. The number of ether oxygens (including phenoxy) is 1. The van der Waals surface area contributed by atoms with Crippen molar-refractivity contribution in [3.63, 3.8) is 0 Å². The summed E-state index contributed by atoms with van der Waals surface area (Å²) < 4.78 is 4.91. The number of alkyl carbamates (subject to hydrolysis) is 1. The highest BCUT2D eigenvalue weighted by Crippen LogP contribution is 2.07. The molecule has 0 aliphatic carbocycles. The number of hydrogen-bond donors (Lipinski definition) is 2. The number of rotatable bonds is 3. The molecule has 0 aliphatic rings. The molecule has 1 amide bonds. The SMILES string of the molecule is C=C(C)[C@@H](NC(=O)OC(C)(C)C)C(=O)O. The molecule has 0 heterocycles. The van der Waals surface area contributed by atoms with Crippen molar-refractivity contribution in [3.8, 4) is 0 Å². The number of hydrogen-bond acceptors (Lipinski definition) is 3. The topological polar surface area (TPSA) is 75.6 Å². The molecule has 0 radical (unpaired) electrons. The highest BCUT2D eigenvalue weighted by Gasteiger charge is 2.24. The lowest BCUT2D eigenvalue weighted by Crippen LogP contribution is -2.43. The minimum Gasteiger partial charge on any atom is -0.479 e. The molecular weight excluding hydrogens is 198 g/mol. The molecule has 0 aliphatic heterocycles. The first-order chi connectivity index (χ1) is 6.63. The average Bonchev–Trinajstić information content (AvgIpc) is 1.95. The van der Waals surface area contributed by atoms with E-state index in [2.05, 4.69) is 11.9 Å². The molecule has 0 rings (SSSR count). The van der Waals surface area contributed by atoms with E-state index in [0.717, 1.165) is 0 Å². The van der Waals surface area contributed by atoms with E-state index in [0.29, 0.717) is 5.57 Å². The number of amides is 1. The lowest BCUT2D eigenvalue weighted by molar-refractivity contribution is -0.138. The van der Waals surface area contributed by atoms with Gasteiger partial charge in [-0.25, -0.2) is 9.59 Å². The Labute approximate surface area is 89.1 Å². The molecular formula is C10H17NO4. The minimum atomic E-state index is -1.16. The van der Waals surface area contributed by atoms with Crippen molar-refractivity contribution in [3.05, 3.63) is 12.2 Å². The van der Waals surface area contributed by atoms with Gasteiger partial charge in [0.15, 0.2) is 6.04 Å².